The molecule has 0 aliphatic heterocycles. The lowest BCUT2D eigenvalue weighted by Gasteiger charge is -2.17. The lowest BCUT2D eigenvalue weighted by molar-refractivity contribution is 0.0993. The van der Waals surface area contributed by atoms with E-state index in [1.165, 1.54) is 0 Å². The lowest BCUT2D eigenvalue weighted by atomic mass is 10.1. The van der Waals surface area contributed by atoms with E-state index in [4.69, 9.17) is 5.26 Å². The van der Waals surface area contributed by atoms with Crippen LogP contribution in [0.3, 0.4) is 0 Å². The summed E-state index contributed by atoms with van der Waals surface area (Å²) >= 11 is 4.19. The van der Waals surface area contributed by atoms with Gasteiger partial charge in [-0.15, -0.1) is 12.6 Å². The van der Waals surface area contributed by atoms with Crippen LogP contribution < -0.4 is 4.90 Å². The average molecular weight is 268 g/mol. The Labute approximate surface area is 117 Å². The number of rotatable bonds is 2. The van der Waals surface area contributed by atoms with Crippen LogP contribution in [0.5, 0.6) is 0 Å². The van der Waals surface area contributed by atoms with E-state index in [2.05, 4.69) is 12.6 Å². The van der Waals surface area contributed by atoms with Crippen molar-refractivity contribution in [3.63, 3.8) is 0 Å². The third-order valence-electron chi connectivity index (χ3n) is 2.80. The number of benzene rings is 2. The number of anilines is 1. The normalized spacial score (nSPS) is 9.74. The summed E-state index contributed by atoms with van der Waals surface area (Å²) in [6.45, 7) is 0. The molecule has 0 saturated heterocycles. The van der Waals surface area contributed by atoms with Crippen LogP contribution in [0.2, 0.25) is 0 Å². The second-order valence-electron chi connectivity index (χ2n) is 4.07. The SMILES string of the molecule is CN(C(=O)c1ccc(S)cc1)c1ccc(C#N)cc1. The van der Waals surface area contributed by atoms with Gasteiger partial charge in [0.05, 0.1) is 11.6 Å². The molecule has 0 atom stereocenters. The maximum atomic E-state index is 12.2. The molecule has 0 spiro atoms. The molecule has 0 aromatic heterocycles. The highest BCUT2D eigenvalue weighted by atomic mass is 32.1. The minimum absolute atomic E-state index is 0.0990. The minimum atomic E-state index is -0.0990. The number of nitrogens with zero attached hydrogens (tertiary/aromatic N) is 2. The monoisotopic (exact) mass is 268 g/mol. The Balaban J connectivity index is 2.23. The Kier molecular flexibility index (Phi) is 3.88. The molecule has 0 heterocycles. The summed E-state index contributed by atoms with van der Waals surface area (Å²) in [5.74, 6) is -0.0990. The average Bonchev–Trinajstić information content (AvgIpc) is 2.46. The van der Waals surface area contributed by atoms with Gasteiger partial charge in [0.1, 0.15) is 0 Å². The molecule has 19 heavy (non-hydrogen) atoms. The van der Waals surface area contributed by atoms with Crippen molar-refractivity contribution in [2.45, 2.75) is 4.90 Å². The summed E-state index contributed by atoms with van der Waals surface area (Å²) in [7, 11) is 1.71. The molecule has 0 saturated carbocycles. The van der Waals surface area contributed by atoms with Crippen molar-refractivity contribution in [2.24, 2.45) is 0 Å². The molecule has 94 valence electrons. The number of thiol groups is 1. The molecule has 0 N–H and O–H groups in total. The van der Waals surface area contributed by atoms with E-state index in [0.29, 0.717) is 11.1 Å². The molecule has 2 aromatic carbocycles. The van der Waals surface area contributed by atoms with Gasteiger partial charge in [-0.25, -0.2) is 0 Å². The second-order valence-corrected chi connectivity index (χ2v) is 4.59. The molecule has 3 nitrogen and oxygen atoms in total. The van der Waals surface area contributed by atoms with E-state index in [1.54, 1.807) is 60.5 Å². The van der Waals surface area contributed by atoms with Crippen molar-refractivity contribution in [1.29, 1.82) is 5.26 Å². The summed E-state index contributed by atoms with van der Waals surface area (Å²) < 4.78 is 0. The van der Waals surface area contributed by atoms with Crippen molar-refractivity contribution in [3.8, 4) is 6.07 Å². The zero-order valence-electron chi connectivity index (χ0n) is 10.4. The van der Waals surface area contributed by atoms with Crippen LogP contribution in [-0.4, -0.2) is 13.0 Å². The number of nitriles is 1. The molecule has 0 radical (unpaired) electrons. The largest absolute Gasteiger partial charge is 0.311 e. The van der Waals surface area contributed by atoms with Crippen molar-refractivity contribution < 1.29 is 4.79 Å². The fraction of sp³-hybridized carbons (Fsp3) is 0.0667. The van der Waals surface area contributed by atoms with Gasteiger partial charge in [0.25, 0.3) is 5.91 Å². The first-order chi connectivity index (χ1) is 9.11. The molecule has 2 rings (SSSR count). The van der Waals surface area contributed by atoms with Gasteiger partial charge in [0.2, 0.25) is 0 Å². The van der Waals surface area contributed by atoms with Crippen molar-refractivity contribution in [2.75, 3.05) is 11.9 Å². The highest BCUT2D eigenvalue weighted by Crippen LogP contribution is 2.17. The molecule has 0 unspecified atom stereocenters. The van der Waals surface area contributed by atoms with Gasteiger partial charge in [0.15, 0.2) is 0 Å². The first kappa shape index (κ1) is 13.2. The lowest BCUT2D eigenvalue weighted by Crippen LogP contribution is -2.26. The Morgan fingerprint density at radius 3 is 2.21 bits per heavy atom. The van der Waals surface area contributed by atoms with Gasteiger partial charge in [0, 0.05) is 23.2 Å². The summed E-state index contributed by atoms with van der Waals surface area (Å²) in [5.41, 5.74) is 1.92. The van der Waals surface area contributed by atoms with Gasteiger partial charge in [-0.05, 0) is 48.5 Å². The van der Waals surface area contributed by atoms with Crippen LogP contribution in [0.4, 0.5) is 5.69 Å². The molecule has 0 aliphatic carbocycles. The molecular weight excluding hydrogens is 256 g/mol. The van der Waals surface area contributed by atoms with Crippen LogP contribution in [0.15, 0.2) is 53.4 Å². The molecule has 4 heteroatoms. The summed E-state index contributed by atoms with van der Waals surface area (Å²) in [5, 5.41) is 8.74. The number of hydrogen-bond acceptors (Lipinski definition) is 3. The predicted molar refractivity (Wildman–Crippen MR) is 77.6 cm³/mol. The quantitative estimate of drug-likeness (QED) is 0.850. The van der Waals surface area contributed by atoms with Crippen LogP contribution >= 0.6 is 12.6 Å². The molecular formula is C15H12N2OS. The highest BCUT2D eigenvalue weighted by Gasteiger charge is 2.12. The number of carbonyl (C=O) groups excluding carboxylic acids is 1. The maximum Gasteiger partial charge on any atom is 0.258 e. The first-order valence-electron chi connectivity index (χ1n) is 5.69. The second kappa shape index (κ2) is 5.59. The Bertz CT molecular complexity index is 627. The van der Waals surface area contributed by atoms with E-state index in [-0.39, 0.29) is 5.91 Å². The van der Waals surface area contributed by atoms with Crippen LogP contribution in [0.1, 0.15) is 15.9 Å². The summed E-state index contributed by atoms with van der Waals surface area (Å²) in [6, 6.07) is 16.0. The zero-order chi connectivity index (χ0) is 13.8. The fourth-order valence-corrected chi connectivity index (χ4v) is 1.82. The Morgan fingerprint density at radius 1 is 1.11 bits per heavy atom. The van der Waals surface area contributed by atoms with Gasteiger partial charge in [-0.3, -0.25) is 4.79 Å². The van der Waals surface area contributed by atoms with Gasteiger partial charge in [-0.2, -0.15) is 5.26 Å². The van der Waals surface area contributed by atoms with Crippen molar-refractivity contribution in [3.05, 3.63) is 59.7 Å². The number of carbonyl (C=O) groups is 1. The van der Waals surface area contributed by atoms with Crippen LogP contribution in [-0.2, 0) is 0 Å². The third kappa shape index (κ3) is 2.95. The van der Waals surface area contributed by atoms with Gasteiger partial charge >= 0.3 is 0 Å². The molecule has 0 bridgehead atoms. The van der Waals surface area contributed by atoms with E-state index < -0.39 is 0 Å². The predicted octanol–water partition coefficient (Wildman–Crippen LogP) is 3.12. The highest BCUT2D eigenvalue weighted by molar-refractivity contribution is 7.80. The molecule has 0 fully saturated rings. The Hall–Kier alpha value is -2.25. The van der Waals surface area contributed by atoms with E-state index >= 15 is 0 Å². The molecule has 0 aliphatic rings. The first-order valence-corrected chi connectivity index (χ1v) is 6.14. The van der Waals surface area contributed by atoms with E-state index in [9.17, 15) is 4.79 Å². The zero-order valence-corrected chi connectivity index (χ0v) is 11.3. The summed E-state index contributed by atoms with van der Waals surface area (Å²) in [6.07, 6.45) is 0. The third-order valence-corrected chi connectivity index (χ3v) is 3.10. The van der Waals surface area contributed by atoms with Crippen molar-refractivity contribution >= 4 is 24.2 Å². The van der Waals surface area contributed by atoms with Crippen LogP contribution in [0, 0.1) is 11.3 Å². The van der Waals surface area contributed by atoms with Gasteiger partial charge in [-0.1, -0.05) is 0 Å². The van der Waals surface area contributed by atoms with Crippen LogP contribution in [0.25, 0.3) is 0 Å². The fourth-order valence-electron chi connectivity index (χ4n) is 1.67. The topological polar surface area (TPSA) is 44.1 Å². The van der Waals surface area contributed by atoms with E-state index in [0.717, 1.165) is 10.6 Å². The molecule has 2 aromatic rings. The smallest absolute Gasteiger partial charge is 0.258 e. The summed E-state index contributed by atoms with van der Waals surface area (Å²) in [4.78, 5) is 14.6. The Morgan fingerprint density at radius 2 is 1.68 bits per heavy atom. The minimum Gasteiger partial charge on any atom is -0.311 e. The van der Waals surface area contributed by atoms with E-state index in [1.807, 2.05) is 6.07 Å². The maximum absolute atomic E-state index is 12.2. The molecule has 1 amide bonds. The number of amides is 1. The van der Waals surface area contributed by atoms with Crippen molar-refractivity contribution in [1.82, 2.24) is 0 Å². The standard InChI is InChI=1S/C15H12N2OS/c1-17(13-6-2-11(10-16)3-7-13)15(18)12-4-8-14(19)9-5-12/h2-9,19H,1H3. The number of hydrogen-bond donors (Lipinski definition) is 1. The van der Waals surface area contributed by atoms with Gasteiger partial charge < -0.3 is 4.90 Å².